The summed E-state index contributed by atoms with van der Waals surface area (Å²) in [5.74, 6) is -0.113. The van der Waals surface area contributed by atoms with Gasteiger partial charge in [0, 0.05) is 6.04 Å². The Bertz CT molecular complexity index is 303. The lowest BCUT2D eigenvalue weighted by molar-refractivity contribution is 0.403. The minimum atomic E-state index is -0.0643. The molecule has 0 heterocycles. The molecule has 0 aromatic heterocycles. The number of nitrogens with one attached hydrogen (secondary N) is 1. The molecule has 0 unspecified atom stereocenters. The first kappa shape index (κ1) is 14.1. The molecule has 15 heavy (non-hydrogen) atoms. The number of benzene rings is 1. The molecule has 0 saturated heterocycles. The van der Waals surface area contributed by atoms with Crippen molar-refractivity contribution in [2.75, 3.05) is 6.54 Å². The Balaban J connectivity index is 0.00000196. The SMILES string of the molecule is CC(C)NCCc1ccc(O)c(O)c1.Cl. The number of halogens is 1. The second-order valence-electron chi connectivity index (χ2n) is 3.68. The molecule has 0 aliphatic heterocycles. The lowest BCUT2D eigenvalue weighted by Crippen LogP contribution is -2.24. The van der Waals surface area contributed by atoms with Crippen LogP contribution in [0.3, 0.4) is 0 Å². The third kappa shape index (κ3) is 4.91. The fourth-order valence-corrected chi connectivity index (χ4v) is 1.23. The molecule has 0 radical (unpaired) electrons. The smallest absolute Gasteiger partial charge is 0.157 e. The largest absolute Gasteiger partial charge is 0.504 e. The molecular weight excluding hydrogens is 214 g/mol. The molecule has 1 aromatic rings. The summed E-state index contributed by atoms with van der Waals surface area (Å²) in [6.07, 6.45) is 0.853. The highest BCUT2D eigenvalue weighted by atomic mass is 35.5. The van der Waals surface area contributed by atoms with Crippen molar-refractivity contribution in [1.29, 1.82) is 0 Å². The second-order valence-corrected chi connectivity index (χ2v) is 3.68. The van der Waals surface area contributed by atoms with Crippen molar-refractivity contribution in [1.82, 2.24) is 5.32 Å². The Morgan fingerprint density at radius 1 is 1.20 bits per heavy atom. The predicted molar refractivity (Wildman–Crippen MR) is 63.9 cm³/mol. The van der Waals surface area contributed by atoms with Gasteiger partial charge in [0.15, 0.2) is 11.5 Å². The van der Waals surface area contributed by atoms with Gasteiger partial charge in [-0.1, -0.05) is 19.9 Å². The standard InChI is InChI=1S/C11H17NO2.ClH/c1-8(2)12-6-5-9-3-4-10(13)11(14)7-9;/h3-4,7-8,12-14H,5-6H2,1-2H3;1H. The van der Waals surface area contributed by atoms with Gasteiger partial charge in [0.2, 0.25) is 0 Å². The number of phenols is 2. The fourth-order valence-electron chi connectivity index (χ4n) is 1.23. The van der Waals surface area contributed by atoms with Crippen LogP contribution < -0.4 is 5.32 Å². The van der Waals surface area contributed by atoms with Crippen LogP contribution in [0.1, 0.15) is 19.4 Å². The average Bonchev–Trinajstić information content (AvgIpc) is 2.10. The predicted octanol–water partition coefficient (Wildman–Crippen LogP) is 2.06. The Hall–Kier alpha value is -0.930. The van der Waals surface area contributed by atoms with Crippen LogP contribution in [0.15, 0.2) is 18.2 Å². The van der Waals surface area contributed by atoms with E-state index in [1.165, 1.54) is 6.07 Å². The van der Waals surface area contributed by atoms with Crippen LogP contribution in [0.5, 0.6) is 11.5 Å². The van der Waals surface area contributed by atoms with Crippen LogP contribution in [0.25, 0.3) is 0 Å². The van der Waals surface area contributed by atoms with Crippen molar-refractivity contribution in [3.63, 3.8) is 0 Å². The summed E-state index contributed by atoms with van der Waals surface area (Å²) in [5, 5.41) is 21.6. The van der Waals surface area contributed by atoms with Gasteiger partial charge in [-0.3, -0.25) is 0 Å². The zero-order valence-corrected chi connectivity index (χ0v) is 9.84. The van der Waals surface area contributed by atoms with Crippen LogP contribution in [-0.2, 0) is 6.42 Å². The van der Waals surface area contributed by atoms with Crippen molar-refractivity contribution in [3.8, 4) is 11.5 Å². The maximum Gasteiger partial charge on any atom is 0.157 e. The van der Waals surface area contributed by atoms with Crippen molar-refractivity contribution >= 4 is 12.4 Å². The highest BCUT2D eigenvalue weighted by Gasteiger charge is 2.00. The van der Waals surface area contributed by atoms with Gasteiger partial charge >= 0.3 is 0 Å². The van der Waals surface area contributed by atoms with E-state index in [1.807, 2.05) is 6.07 Å². The van der Waals surface area contributed by atoms with E-state index in [1.54, 1.807) is 6.07 Å². The van der Waals surface area contributed by atoms with Crippen molar-refractivity contribution in [3.05, 3.63) is 23.8 Å². The van der Waals surface area contributed by atoms with Crippen LogP contribution >= 0.6 is 12.4 Å². The van der Waals surface area contributed by atoms with Crippen LogP contribution in [0, 0.1) is 0 Å². The summed E-state index contributed by atoms with van der Waals surface area (Å²) < 4.78 is 0. The third-order valence-corrected chi connectivity index (χ3v) is 2.01. The molecule has 0 saturated carbocycles. The molecule has 0 bridgehead atoms. The van der Waals surface area contributed by atoms with E-state index >= 15 is 0 Å². The Morgan fingerprint density at radius 2 is 1.87 bits per heavy atom. The molecule has 86 valence electrons. The highest BCUT2D eigenvalue weighted by Crippen LogP contribution is 2.24. The zero-order valence-electron chi connectivity index (χ0n) is 9.03. The van der Waals surface area contributed by atoms with Crippen molar-refractivity contribution in [2.45, 2.75) is 26.3 Å². The maximum atomic E-state index is 9.24. The normalized spacial score (nSPS) is 10.1. The molecule has 0 fully saturated rings. The Morgan fingerprint density at radius 3 is 2.40 bits per heavy atom. The van der Waals surface area contributed by atoms with Gasteiger partial charge in [-0.05, 0) is 30.7 Å². The molecule has 0 atom stereocenters. The lowest BCUT2D eigenvalue weighted by Gasteiger charge is -2.08. The number of hydrogen-bond acceptors (Lipinski definition) is 3. The molecule has 1 rings (SSSR count). The van der Waals surface area contributed by atoms with Gasteiger partial charge in [0.25, 0.3) is 0 Å². The number of aromatic hydroxyl groups is 2. The van der Waals surface area contributed by atoms with Crippen LogP contribution in [0.2, 0.25) is 0 Å². The minimum absolute atomic E-state index is 0. The topological polar surface area (TPSA) is 52.5 Å². The second kappa shape index (κ2) is 6.53. The van der Waals surface area contributed by atoms with Gasteiger partial charge < -0.3 is 15.5 Å². The number of hydrogen-bond donors (Lipinski definition) is 3. The molecule has 4 heteroatoms. The first-order valence-electron chi connectivity index (χ1n) is 4.84. The van der Waals surface area contributed by atoms with Gasteiger partial charge in [-0.2, -0.15) is 0 Å². The fraction of sp³-hybridized carbons (Fsp3) is 0.455. The lowest BCUT2D eigenvalue weighted by atomic mass is 10.1. The monoisotopic (exact) mass is 231 g/mol. The summed E-state index contributed by atoms with van der Waals surface area (Å²) in [6.45, 7) is 5.06. The minimum Gasteiger partial charge on any atom is -0.504 e. The van der Waals surface area contributed by atoms with Gasteiger partial charge in [-0.15, -0.1) is 12.4 Å². The van der Waals surface area contributed by atoms with Gasteiger partial charge in [0.05, 0.1) is 0 Å². The molecule has 0 aliphatic rings. The van der Waals surface area contributed by atoms with E-state index in [0.717, 1.165) is 18.5 Å². The molecule has 1 aromatic carbocycles. The number of phenolic OH excluding ortho intramolecular Hbond substituents is 2. The van der Waals surface area contributed by atoms with Crippen LogP contribution in [0.4, 0.5) is 0 Å². The van der Waals surface area contributed by atoms with E-state index in [4.69, 9.17) is 5.11 Å². The molecule has 3 N–H and O–H groups in total. The van der Waals surface area contributed by atoms with Crippen molar-refractivity contribution in [2.24, 2.45) is 0 Å². The zero-order chi connectivity index (χ0) is 10.6. The summed E-state index contributed by atoms with van der Waals surface area (Å²) in [7, 11) is 0. The Labute approximate surface area is 96.5 Å². The summed E-state index contributed by atoms with van der Waals surface area (Å²) in [4.78, 5) is 0. The maximum absolute atomic E-state index is 9.24. The van der Waals surface area contributed by atoms with Gasteiger partial charge in [-0.25, -0.2) is 0 Å². The van der Waals surface area contributed by atoms with Crippen LogP contribution in [-0.4, -0.2) is 22.8 Å². The quantitative estimate of drug-likeness (QED) is 0.696. The van der Waals surface area contributed by atoms with E-state index in [9.17, 15) is 5.11 Å². The van der Waals surface area contributed by atoms with E-state index < -0.39 is 0 Å². The molecule has 0 aliphatic carbocycles. The first-order chi connectivity index (χ1) is 6.59. The molecule has 0 spiro atoms. The average molecular weight is 232 g/mol. The summed E-state index contributed by atoms with van der Waals surface area (Å²) in [5.41, 5.74) is 1.02. The van der Waals surface area contributed by atoms with E-state index in [0.29, 0.717) is 6.04 Å². The molecule has 3 nitrogen and oxygen atoms in total. The summed E-state index contributed by atoms with van der Waals surface area (Å²) in [6, 6.07) is 5.40. The highest BCUT2D eigenvalue weighted by molar-refractivity contribution is 5.85. The van der Waals surface area contributed by atoms with Gasteiger partial charge in [0.1, 0.15) is 0 Å². The van der Waals surface area contributed by atoms with E-state index in [-0.39, 0.29) is 23.9 Å². The van der Waals surface area contributed by atoms with Crippen molar-refractivity contribution < 1.29 is 10.2 Å². The molecule has 0 amide bonds. The summed E-state index contributed by atoms with van der Waals surface area (Å²) >= 11 is 0. The Kier molecular flexibility index (Phi) is 6.13. The van der Waals surface area contributed by atoms with E-state index in [2.05, 4.69) is 19.2 Å². The molecular formula is C11H18ClNO2. The number of rotatable bonds is 4. The third-order valence-electron chi connectivity index (χ3n) is 2.01. The first-order valence-corrected chi connectivity index (χ1v) is 4.84.